The third-order valence-corrected chi connectivity index (χ3v) is 3.15. The van der Waals surface area contributed by atoms with Gasteiger partial charge in [0.1, 0.15) is 0 Å². The van der Waals surface area contributed by atoms with Crippen LogP contribution < -0.4 is 5.32 Å². The summed E-state index contributed by atoms with van der Waals surface area (Å²) < 4.78 is 51.3. The molecule has 7 heteroatoms. The van der Waals surface area contributed by atoms with Crippen LogP contribution in [0.3, 0.4) is 0 Å². The van der Waals surface area contributed by atoms with Crippen molar-refractivity contribution in [3.8, 4) is 5.75 Å². The summed E-state index contributed by atoms with van der Waals surface area (Å²) in [4.78, 5) is 0. The van der Waals surface area contributed by atoms with Crippen molar-refractivity contribution in [2.75, 3.05) is 5.32 Å². The minimum absolute atomic E-state index is 0.0253. The largest absolute Gasteiger partial charge is 0.505 e. The smallest absolute Gasteiger partial charge is 0.417 e. The van der Waals surface area contributed by atoms with Gasteiger partial charge in [0, 0.05) is 17.8 Å². The Morgan fingerprint density at radius 1 is 1.14 bits per heavy atom. The maximum atomic E-state index is 13.1. The van der Waals surface area contributed by atoms with E-state index in [0.717, 1.165) is 18.2 Å². The number of benzene rings is 2. The molecular weight excluding hydrogens is 310 g/mol. The summed E-state index contributed by atoms with van der Waals surface area (Å²) >= 11 is 5.51. The first-order chi connectivity index (χ1) is 9.79. The van der Waals surface area contributed by atoms with Crippen LogP contribution in [0.1, 0.15) is 11.1 Å². The van der Waals surface area contributed by atoms with Crippen molar-refractivity contribution in [1.82, 2.24) is 0 Å². The number of phenols is 1. The van der Waals surface area contributed by atoms with Crippen molar-refractivity contribution in [3.63, 3.8) is 0 Å². The first kappa shape index (κ1) is 15.4. The normalized spacial score (nSPS) is 11.5. The molecule has 2 aromatic rings. The lowest BCUT2D eigenvalue weighted by Gasteiger charge is -2.13. The standard InChI is InChI=1S/C14H10ClF4NO/c15-11-5-4-9(6-10(11)14(17,18)19)20-7-8-2-1-3-12(16)13(8)21/h1-6,20-21H,7H2. The molecule has 2 N–H and O–H groups in total. The van der Waals surface area contributed by atoms with E-state index in [9.17, 15) is 22.7 Å². The lowest BCUT2D eigenvalue weighted by atomic mass is 10.1. The summed E-state index contributed by atoms with van der Waals surface area (Å²) in [5.74, 6) is -1.32. The number of rotatable bonds is 3. The summed E-state index contributed by atoms with van der Waals surface area (Å²) in [6.07, 6.45) is -4.56. The number of alkyl halides is 3. The minimum atomic E-state index is -4.56. The molecule has 0 saturated heterocycles. The molecule has 0 fully saturated rings. The molecule has 112 valence electrons. The van der Waals surface area contributed by atoms with Gasteiger partial charge in [-0.15, -0.1) is 0 Å². The summed E-state index contributed by atoms with van der Waals surface area (Å²) in [6, 6.07) is 7.30. The summed E-state index contributed by atoms with van der Waals surface area (Å²) in [5, 5.41) is 11.8. The van der Waals surface area contributed by atoms with Crippen LogP contribution in [0.15, 0.2) is 36.4 Å². The highest BCUT2D eigenvalue weighted by molar-refractivity contribution is 6.31. The first-order valence-electron chi connectivity index (χ1n) is 5.86. The van der Waals surface area contributed by atoms with E-state index in [1.165, 1.54) is 18.2 Å². The van der Waals surface area contributed by atoms with Crippen molar-refractivity contribution in [2.45, 2.75) is 12.7 Å². The number of nitrogens with one attached hydrogen (secondary N) is 1. The van der Waals surface area contributed by atoms with Gasteiger partial charge in [-0.05, 0) is 24.3 Å². The Bertz CT molecular complexity index is 658. The molecule has 2 rings (SSSR count). The molecule has 0 spiro atoms. The van der Waals surface area contributed by atoms with Gasteiger partial charge in [0.15, 0.2) is 11.6 Å². The van der Waals surface area contributed by atoms with E-state index < -0.39 is 28.3 Å². The third-order valence-electron chi connectivity index (χ3n) is 2.83. The van der Waals surface area contributed by atoms with Gasteiger partial charge in [-0.25, -0.2) is 4.39 Å². The number of hydrogen-bond donors (Lipinski definition) is 2. The predicted octanol–water partition coefficient (Wildman–Crippen LogP) is 4.82. The second-order valence-electron chi connectivity index (χ2n) is 4.29. The van der Waals surface area contributed by atoms with Gasteiger partial charge in [0.2, 0.25) is 0 Å². The number of aromatic hydroxyl groups is 1. The fraction of sp³-hybridized carbons (Fsp3) is 0.143. The monoisotopic (exact) mass is 319 g/mol. The van der Waals surface area contributed by atoms with Gasteiger partial charge in [0.05, 0.1) is 10.6 Å². The molecule has 2 aromatic carbocycles. The van der Waals surface area contributed by atoms with Crippen molar-refractivity contribution in [2.24, 2.45) is 0 Å². The van der Waals surface area contributed by atoms with Gasteiger partial charge in [-0.3, -0.25) is 0 Å². The molecule has 0 atom stereocenters. The van der Waals surface area contributed by atoms with E-state index in [-0.39, 0.29) is 17.8 Å². The van der Waals surface area contributed by atoms with E-state index in [1.807, 2.05) is 0 Å². The van der Waals surface area contributed by atoms with Crippen molar-refractivity contribution in [1.29, 1.82) is 0 Å². The highest BCUT2D eigenvalue weighted by Crippen LogP contribution is 2.36. The van der Waals surface area contributed by atoms with Crippen LogP contribution in [0.25, 0.3) is 0 Å². The van der Waals surface area contributed by atoms with Crippen LogP contribution in [0.4, 0.5) is 23.2 Å². The molecule has 21 heavy (non-hydrogen) atoms. The summed E-state index contributed by atoms with van der Waals surface area (Å²) in [5.41, 5.74) is -0.563. The minimum Gasteiger partial charge on any atom is -0.505 e. The maximum Gasteiger partial charge on any atom is 0.417 e. The molecule has 0 heterocycles. The molecule has 0 bridgehead atoms. The lowest BCUT2D eigenvalue weighted by Crippen LogP contribution is -2.07. The predicted molar refractivity (Wildman–Crippen MR) is 71.8 cm³/mol. The molecule has 2 nitrogen and oxygen atoms in total. The van der Waals surface area contributed by atoms with Gasteiger partial charge in [-0.2, -0.15) is 13.2 Å². The number of hydrogen-bond acceptors (Lipinski definition) is 2. The van der Waals surface area contributed by atoms with Crippen LogP contribution in [-0.2, 0) is 12.7 Å². The Kier molecular flexibility index (Phi) is 4.27. The van der Waals surface area contributed by atoms with Crippen LogP contribution >= 0.6 is 11.6 Å². The average Bonchev–Trinajstić information content (AvgIpc) is 2.40. The van der Waals surface area contributed by atoms with E-state index in [0.29, 0.717) is 0 Å². The molecular formula is C14H10ClF4NO. The Morgan fingerprint density at radius 3 is 2.52 bits per heavy atom. The Hall–Kier alpha value is -1.95. The molecule has 0 aliphatic rings. The van der Waals surface area contributed by atoms with Crippen LogP contribution in [0, 0.1) is 5.82 Å². The number of para-hydroxylation sites is 1. The number of anilines is 1. The van der Waals surface area contributed by atoms with E-state index in [1.54, 1.807) is 0 Å². The van der Waals surface area contributed by atoms with E-state index >= 15 is 0 Å². The van der Waals surface area contributed by atoms with Gasteiger partial charge in [-0.1, -0.05) is 23.7 Å². The molecule has 0 saturated carbocycles. The van der Waals surface area contributed by atoms with Crippen molar-refractivity contribution in [3.05, 3.63) is 58.4 Å². The van der Waals surface area contributed by atoms with Gasteiger partial charge in [0.25, 0.3) is 0 Å². The quantitative estimate of drug-likeness (QED) is 0.795. The maximum absolute atomic E-state index is 13.1. The SMILES string of the molecule is Oc1c(F)cccc1CNc1ccc(Cl)c(C(F)(F)F)c1. The zero-order chi connectivity index (χ0) is 15.6. The molecule has 0 unspecified atom stereocenters. The zero-order valence-electron chi connectivity index (χ0n) is 10.5. The summed E-state index contributed by atoms with van der Waals surface area (Å²) in [7, 11) is 0. The van der Waals surface area contributed by atoms with Gasteiger partial charge < -0.3 is 10.4 Å². The van der Waals surface area contributed by atoms with Crippen LogP contribution in [0.2, 0.25) is 5.02 Å². The second kappa shape index (κ2) is 5.81. The highest BCUT2D eigenvalue weighted by Gasteiger charge is 2.33. The Labute approximate surface area is 123 Å². The average molecular weight is 320 g/mol. The number of halogens is 5. The van der Waals surface area contributed by atoms with E-state index in [4.69, 9.17) is 11.6 Å². The van der Waals surface area contributed by atoms with Crippen molar-refractivity contribution < 1.29 is 22.7 Å². The molecule has 0 aromatic heterocycles. The number of phenolic OH excluding ortho intramolecular Hbond substituents is 1. The molecule has 0 aliphatic carbocycles. The van der Waals surface area contributed by atoms with Gasteiger partial charge >= 0.3 is 6.18 Å². The summed E-state index contributed by atoms with van der Waals surface area (Å²) in [6.45, 7) is -0.0253. The third kappa shape index (κ3) is 3.58. The van der Waals surface area contributed by atoms with Crippen molar-refractivity contribution >= 4 is 17.3 Å². The second-order valence-corrected chi connectivity index (χ2v) is 4.70. The highest BCUT2D eigenvalue weighted by atomic mass is 35.5. The van der Waals surface area contributed by atoms with Crippen LogP contribution in [0.5, 0.6) is 5.75 Å². The van der Waals surface area contributed by atoms with Crippen LogP contribution in [-0.4, -0.2) is 5.11 Å². The lowest BCUT2D eigenvalue weighted by molar-refractivity contribution is -0.137. The van der Waals surface area contributed by atoms with E-state index in [2.05, 4.69) is 5.32 Å². The first-order valence-corrected chi connectivity index (χ1v) is 6.24. The topological polar surface area (TPSA) is 32.3 Å². The molecule has 0 radical (unpaired) electrons. The fourth-order valence-corrected chi connectivity index (χ4v) is 1.98. The Balaban J connectivity index is 2.19. The molecule has 0 amide bonds. The zero-order valence-corrected chi connectivity index (χ0v) is 11.3. The molecule has 0 aliphatic heterocycles. The fourth-order valence-electron chi connectivity index (χ4n) is 1.75. The Morgan fingerprint density at radius 2 is 1.86 bits per heavy atom.